The summed E-state index contributed by atoms with van der Waals surface area (Å²) >= 11 is 0. The third kappa shape index (κ3) is 3.29. The number of aryl methyl sites for hydroxylation is 3. The van der Waals surface area contributed by atoms with E-state index in [-0.39, 0.29) is 17.9 Å². The minimum atomic E-state index is 0.00214. The van der Waals surface area contributed by atoms with Gasteiger partial charge >= 0.3 is 0 Å². The molecule has 6 heteroatoms. The van der Waals surface area contributed by atoms with Crippen LogP contribution in [-0.2, 0) is 24.1 Å². The number of carbonyl (C=O) groups excluding carboxylic acids is 1. The predicted molar refractivity (Wildman–Crippen MR) is 120 cm³/mol. The fourth-order valence-corrected chi connectivity index (χ4v) is 5.76. The number of hydrogen-bond acceptors (Lipinski definition) is 4. The van der Waals surface area contributed by atoms with Crippen molar-refractivity contribution in [3.63, 3.8) is 0 Å². The van der Waals surface area contributed by atoms with E-state index in [4.69, 9.17) is 10.1 Å². The van der Waals surface area contributed by atoms with E-state index in [9.17, 15) is 4.79 Å². The number of benzene rings is 1. The standard InChI is InChI=1S/C25H29N5O/c31-25(27-21-12-11-17-6-1-2-8-19(17)21)18-7-5-14-29(16-18)24-23-20-9-3-4-10-22(20)28-30(23)15-13-26-24/h1-2,6,8,13,15,18,21H,3-5,7,9-12,14,16H2,(H,27,31). The molecule has 1 aromatic carbocycles. The molecule has 1 aliphatic heterocycles. The molecule has 6 rings (SSSR count). The second kappa shape index (κ2) is 7.66. The molecular weight excluding hydrogens is 386 g/mol. The summed E-state index contributed by atoms with van der Waals surface area (Å²) in [5.74, 6) is 1.19. The normalized spacial score (nSPS) is 22.9. The van der Waals surface area contributed by atoms with Crippen molar-refractivity contribution in [3.05, 3.63) is 59.0 Å². The number of carbonyl (C=O) groups is 1. The van der Waals surface area contributed by atoms with E-state index in [0.717, 1.165) is 62.9 Å². The van der Waals surface area contributed by atoms with Gasteiger partial charge in [0.2, 0.25) is 5.91 Å². The minimum absolute atomic E-state index is 0.00214. The van der Waals surface area contributed by atoms with Crippen LogP contribution in [0.25, 0.3) is 5.52 Å². The average Bonchev–Trinajstić information content (AvgIpc) is 3.40. The molecule has 3 aromatic rings. The number of hydrogen-bond donors (Lipinski definition) is 1. The van der Waals surface area contributed by atoms with Crippen LogP contribution in [0, 0.1) is 5.92 Å². The fourth-order valence-electron chi connectivity index (χ4n) is 5.76. The minimum Gasteiger partial charge on any atom is -0.354 e. The Morgan fingerprint density at radius 2 is 1.97 bits per heavy atom. The molecule has 0 radical (unpaired) electrons. The summed E-state index contributed by atoms with van der Waals surface area (Å²) in [4.78, 5) is 20.3. The molecule has 2 atom stereocenters. The van der Waals surface area contributed by atoms with E-state index >= 15 is 0 Å². The molecule has 160 valence electrons. The number of fused-ring (bicyclic) bond motifs is 4. The van der Waals surface area contributed by atoms with Crippen molar-refractivity contribution >= 4 is 17.2 Å². The van der Waals surface area contributed by atoms with Gasteiger partial charge in [0.25, 0.3) is 0 Å². The fraction of sp³-hybridized carbons (Fsp3) is 0.480. The highest BCUT2D eigenvalue weighted by Gasteiger charge is 2.32. The Morgan fingerprint density at radius 1 is 1.06 bits per heavy atom. The van der Waals surface area contributed by atoms with Gasteiger partial charge in [-0.05, 0) is 62.5 Å². The number of rotatable bonds is 3. The number of anilines is 1. The Balaban J connectivity index is 1.23. The number of aromatic nitrogens is 3. The summed E-state index contributed by atoms with van der Waals surface area (Å²) in [6.45, 7) is 1.68. The summed E-state index contributed by atoms with van der Waals surface area (Å²) in [6.07, 6.45) is 12.4. The molecule has 1 fully saturated rings. The first-order valence-electron chi connectivity index (χ1n) is 11.8. The quantitative estimate of drug-likeness (QED) is 0.710. The maximum atomic E-state index is 13.2. The van der Waals surface area contributed by atoms with E-state index in [2.05, 4.69) is 34.5 Å². The van der Waals surface area contributed by atoms with Gasteiger partial charge in [0, 0.05) is 31.0 Å². The maximum absolute atomic E-state index is 13.2. The summed E-state index contributed by atoms with van der Waals surface area (Å²) < 4.78 is 2.01. The molecule has 3 heterocycles. The SMILES string of the molecule is O=C(NC1CCc2ccccc21)C1CCCN(c2nccn3nc4c(c23)CCCC4)C1. The Kier molecular flexibility index (Phi) is 4.66. The summed E-state index contributed by atoms with van der Waals surface area (Å²) in [7, 11) is 0. The number of nitrogens with zero attached hydrogens (tertiary/aromatic N) is 4. The second-order valence-corrected chi connectivity index (χ2v) is 9.26. The third-order valence-electron chi connectivity index (χ3n) is 7.34. The van der Waals surface area contributed by atoms with Gasteiger partial charge < -0.3 is 10.2 Å². The predicted octanol–water partition coefficient (Wildman–Crippen LogP) is 3.63. The molecule has 2 aliphatic carbocycles. The van der Waals surface area contributed by atoms with Crippen molar-refractivity contribution in [1.82, 2.24) is 19.9 Å². The lowest BCUT2D eigenvalue weighted by Gasteiger charge is -2.34. The van der Waals surface area contributed by atoms with Gasteiger partial charge in [-0.1, -0.05) is 24.3 Å². The highest BCUT2D eigenvalue weighted by molar-refractivity contribution is 5.81. The molecular formula is C25H29N5O. The Labute approximate surface area is 182 Å². The van der Waals surface area contributed by atoms with Crippen LogP contribution in [0.3, 0.4) is 0 Å². The van der Waals surface area contributed by atoms with Gasteiger partial charge in [-0.15, -0.1) is 0 Å². The van der Waals surface area contributed by atoms with Gasteiger partial charge in [0.15, 0.2) is 5.82 Å². The van der Waals surface area contributed by atoms with E-state index < -0.39 is 0 Å². The molecule has 2 unspecified atom stereocenters. The first-order chi connectivity index (χ1) is 15.3. The van der Waals surface area contributed by atoms with Gasteiger partial charge in [-0.3, -0.25) is 4.79 Å². The molecule has 1 amide bonds. The third-order valence-corrected chi connectivity index (χ3v) is 7.34. The van der Waals surface area contributed by atoms with Crippen LogP contribution in [0.2, 0.25) is 0 Å². The van der Waals surface area contributed by atoms with Crippen LogP contribution in [-0.4, -0.2) is 33.6 Å². The van der Waals surface area contributed by atoms with Crippen molar-refractivity contribution in [2.24, 2.45) is 5.92 Å². The highest BCUT2D eigenvalue weighted by atomic mass is 16.2. The Hall–Kier alpha value is -2.89. The van der Waals surface area contributed by atoms with E-state index in [1.54, 1.807) is 0 Å². The van der Waals surface area contributed by atoms with Crippen LogP contribution >= 0.6 is 0 Å². The maximum Gasteiger partial charge on any atom is 0.225 e. The van der Waals surface area contributed by atoms with E-state index in [1.165, 1.54) is 35.2 Å². The smallest absolute Gasteiger partial charge is 0.225 e. The van der Waals surface area contributed by atoms with Gasteiger partial charge in [0.05, 0.1) is 17.7 Å². The summed E-state index contributed by atoms with van der Waals surface area (Å²) in [5.41, 5.74) is 6.42. The Bertz CT molecular complexity index is 1140. The molecule has 3 aliphatic rings. The van der Waals surface area contributed by atoms with Crippen LogP contribution in [0.4, 0.5) is 5.82 Å². The lowest BCUT2D eigenvalue weighted by molar-refractivity contribution is -0.126. The van der Waals surface area contributed by atoms with E-state index in [0.29, 0.717) is 0 Å². The van der Waals surface area contributed by atoms with Crippen molar-refractivity contribution in [2.45, 2.75) is 57.4 Å². The second-order valence-electron chi connectivity index (χ2n) is 9.26. The lowest BCUT2D eigenvalue weighted by atomic mass is 9.95. The zero-order chi connectivity index (χ0) is 20.8. The first-order valence-corrected chi connectivity index (χ1v) is 11.8. The molecule has 1 saturated heterocycles. The first kappa shape index (κ1) is 18.8. The zero-order valence-corrected chi connectivity index (χ0v) is 17.9. The number of piperidine rings is 1. The highest BCUT2D eigenvalue weighted by Crippen LogP contribution is 2.34. The lowest BCUT2D eigenvalue weighted by Crippen LogP contribution is -2.44. The zero-order valence-electron chi connectivity index (χ0n) is 17.9. The van der Waals surface area contributed by atoms with Crippen molar-refractivity contribution < 1.29 is 4.79 Å². The average molecular weight is 416 g/mol. The van der Waals surface area contributed by atoms with Crippen molar-refractivity contribution in [3.8, 4) is 0 Å². The Morgan fingerprint density at radius 3 is 2.94 bits per heavy atom. The van der Waals surface area contributed by atoms with Crippen molar-refractivity contribution in [2.75, 3.05) is 18.0 Å². The molecule has 0 bridgehead atoms. The van der Waals surface area contributed by atoms with Gasteiger partial charge in [-0.25, -0.2) is 9.50 Å². The molecule has 1 N–H and O–H groups in total. The molecule has 0 saturated carbocycles. The van der Waals surface area contributed by atoms with E-state index in [1.807, 2.05) is 16.9 Å². The van der Waals surface area contributed by atoms with Crippen LogP contribution in [0.5, 0.6) is 0 Å². The largest absolute Gasteiger partial charge is 0.354 e. The van der Waals surface area contributed by atoms with Gasteiger partial charge in [-0.2, -0.15) is 5.10 Å². The van der Waals surface area contributed by atoms with Gasteiger partial charge in [0.1, 0.15) is 5.52 Å². The molecule has 6 nitrogen and oxygen atoms in total. The monoisotopic (exact) mass is 415 g/mol. The number of nitrogens with one attached hydrogen (secondary N) is 1. The topological polar surface area (TPSA) is 62.5 Å². The summed E-state index contributed by atoms with van der Waals surface area (Å²) in [6, 6.07) is 8.66. The molecule has 0 spiro atoms. The van der Waals surface area contributed by atoms with Crippen LogP contribution in [0.1, 0.15) is 60.5 Å². The van der Waals surface area contributed by atoms with Crippen molar-refractivity contribution in [1.29, 1.82) is 0 Å². The molecule has 31 heavy (non-hydrogen) atoms. The number of amides is 1. The van der Waals surface area contributed by atoms with Crippen LogP contribution in [0.15, 0.2) is 36.7 Å². The molecule has 2 aromatic heterocycles. The summed E-state index contributed by atoms with van der Waals surface area (Å²) in [5, 5.41) is 8.18. The van der Waals surface area contributed by atoms with Crippen LogP contribution < -0.4 is 10.2 Å².